The summed E-state index contributed by atoms with van der Waals surface area (Å²) < 4.78 is 40.9. The molecule has 0 bridgehead atoms. The molecule has 0 spiro atoms. The molecule has 3 rings (SSSR count). The number of hydrogen-bond donors (Lipinski definition) is 1. The second-order valence-corrected chi connectivity index (χ2v) is 6.70. The van der Waals surface area contributed by atoms with Gasteiger partial charge >= 0.3 is 6.18 Å². The standard InChI is InChI=1S/C17H21F3N4O3/c18-17(19,20)11-27-15-4-1-12(9-21-15)16(26)24-7-5-23(6-8-24)10-14(25)22-13-2-3-13/h1,4,9,13H,2-3,5-8,10-11H2,(H,22,25). The molecule has 27 heavy (non-hydrogen) atoms. The number of alkyl halides is 3. The predicted molar refractivity (Wildman–Crippen MR) is 89.3 cm³/mol. The van der Waals surface area contributed by atoms with E-state index >= 15 is 0 Å². The van der Waals surface area contributed by atoms with Crippen molar-refractivity contribution in [3.8, 4) is 5.88 Å². The summed E-state index contributed by atoms with van der Waals surface area (Å²) in [6, 6.07) is 2.98. The average Bonchev–Trinajstić information content (AvgIpc) is 3.44. The van der Waals surface area contributed by atoms with E-state index in [1.807, 2.05) is 4.90 Å². The molecule has 0 atom stereocenters. The van der Waals surface area contributed by atoms with E-state index in [9.17, 15) is 22.8 Å². The van der Waals surface area contributed by atoms with Gasteiger partial charge in [0.1, 0.15) is 0 Å². The molecule has 1 saturated carbocycles. The van der Waals surface area contributed by atoms with Crippen molar-refractivity contribution in [3.63, 3.8) is 0 Å². The van der Waals surface area contributed by atoms with Gasteiger partial charge < -0.3 is 15.0 Å². The zero-order valence-corrected chi connectivity index (χ0v) is 14.7. The van der Waals surface area contributed by atoms with E-state index in [1.54, 1.807) is 4.90 Å². The van der Waals surface area contributed by atoms with Crippen LogP contribution in [0.5, 0.6) is 5.88 Å². The topological polar surface area (TPSA) is 74.8 Å². The third-order valence-corrected chi connectivity index (χ3v) is 4.34. The highest BCUT2D eigenvalue weighted by Gasteiger charge is 2.29. The first-order valence-electron chi connectivity index (χ1n) is 8.77. The number of aromatic nitrogens is 1. The first kappa shape index (κ1) is 19.4. The van der Waals surface area contributed by atoms with Gasteiger partial charge in [-0.05, 0) is 18.9 Å². The molecule has 1 aliphatic carbocycles. The minimum atomic E-state index is -4.44. The second kappa shape index (κ2) is 8.12. The Labute approximate surface area is 154 Å². The Hall–Kier alpha value is -2.36. The summed E-state index contributed by atoms with van der Waals surface area (Å²) in [4.78, 5) is 31.7. The van der Waals surface area contributed by atoms with Gasteiger partial charge in [0.2, 0.25) is 11.8 Å². The summed E-state index contributed by atoms with van der Waals surface area (Å²) in [7, 11) is 0. The van der Waals surface area contributed by atoms with Crippen LogP contribution >= 0.6 is 0 Å². The molecule has 2 amide bonds. The fourth-order valence-corrected chi connectivity index (χ4v) is 2.74. The molecule has 1 aromatic heterocycles. The van der Waals surface area contributed by atoms with Crippen molar-refractivity contribution in [1.29, 1.82) is 0 Å². The van der Waals surface area contributed by atoms with Crippen molar-refractivity contribution in [2.75, 3.05) is 39.3 Å². The number of amides is 2. The van der Waals surface area contributed by atoms with Crippen LogP contribution in [-0.4, -0.2) is 78.1 Å². The molecule has 0 radical (unpaired) electrons. The van der Waals surface area contributed by atoms with Gasteiger partial charge in [-0.3, -0.25) is 14.5 Å². The monoisotopic (exact) mass is 386 g/mol. The van der Waals surface area contributed by atoms with Gasteiger partial charge in [-0.25, -0.2) is 4.98 Å². The van der Waals surface area contributed by atoms with Gasteiger partial charge in [0.25, 0.3) is 5.91 Å². The number of carbonyl (C=O) groups excluding carboxylic acids is 2. The normalized spacial score (nSPS) is 18.3. The molecule has 1 aromatic rings. The first-order valence-corrected chi connectivity index (χ1v) is 8.77. The number of ether oxygens (including phenoxy) is 1. The maximum Gasteiger partial charge on any atom is 0.422 e. The molecule has 1 N–H and O–H groups in total. The second-order valence-electron chi connectivity index (χ2n) is 6.70. The molecule has 1 aliphatic heterocycles. The summed E-state index contributed by atoms with van der Waals surface area (Å²) in [5, 5.41) is 2.93. The molecule has 2 heterocycles. The van der Waals surface area contributed by atoms with Gasteiger partial charge in [-0.15, -0.1) is 0 Å². The van der Waals surface area contributed by atoms with Crippen LogP contribution < -0.4 is 10.1 Å². The van der Waals surface area contributed by atoms with Crippen LogP contribution in [0.1, 0.15) is 23.2 Å². The SMILES string of the molecule is O=C(CN1CCN(C(=O)c2ccc(OCC(F)(F)F)nc2)CC1)NC1CC1. The van der Waals surface area contributed by atoms with Crippen LogP contribution in [-0.2, 0) is 4.79 Å². The fourth-order valence-electron chi connectivity index (χ4n) is 2.74. The number of rotatable bonds is 6. The van der Waals surface area contributed by atoms with Crippen LogP contribution in [0.2, 0.25) is 0 Å². The fraction of sp³-hybridized carbons (Fsp3) is 0.588. The Kier molecular flexibility index (Phi) is 5.83. The molecule has 0 unspecified atom stereocenters. The number of hydrogen-bond acceptors (Lipinski definition) is 5. The molecule has 2 fully saturated rings. The van der Waals surface area contributed by atoms with Crippen LogP contribution in [0, 0.1) is 0 Å². The summed E-state index contributed by atoms with van der Waals surface area (Å²) in [6.45, 7) is 1.02. The van der Waals surface area contributed by atoms with Gasteiger partial charge in [0.05, 0.1) is 12.1 Å². The van der Waals surface area contributed by atoms with Gasteiger partial charge in [-0.2, -0.15) is 13.2 Å². The third kappa shape index (κ3) is 6.09. The molecule has 1 saturated heterocycles. The third-order valence-electron chi connectivity index (χ3n) is 4.34. The van der Waals surface area contributed by atoms with Crippen molar-refractivity contribution in [2.24, 2.45) is 0 Å². The van der Waals surface area contributed by atoms with Gasteiger partial charge in [0.15, 0.2) is 6.61 Å². The van der Waals surface area contributed by atoms with Crippen LogP contribution in [0.15, 0.2) is 18.3 Å². The minimum Gasteiger partial charge on any atom is -0.468 e. The molecular formula is C17H21F3N4O3. The minimum absolute atomic E-state index is 0.0101. The molecule has 7 nitrogen and oxygen atoms in total. The van der Waals surface area contributed by atoms with E-state index in [0.717, 1.165) is 12.8 Å². The van der Waals surface area contributed by atoms with Crippen LogP contribution in [0.25, 0.3) is 0 Å². The predicted octanol–water partition coefficient (Wildman–Crippen LogP) is 1.06. The van der Waals surface area contributed by atoms with E-state index < -0.39 is 12.8 Å². The van der Waals surface area contributed by atoms with Crippen molar-refractivity contribution in [2.45, 2.75) is 25.1 Å². The number of pyridine rings is 1. The molecule has 148 valence electrons. The lowest BCUT2D eigenvalue weighted by Gasteiger charge is -2.34. The molecule has 10 heteroatoms. The zero-order valence-electron chi connectivity index (χ0n) is 14.7. The number of carbonyl (C=O) groups is 2. The van der Waals surface area contributed by atoms with Crippen molar-refractivity contribution in [3.05, 3.63) is 23.9 Å². The Morgan fingerprint density at radius 2 is 1.89 bits per heavy atom. The van der Waals surface area contributed by atoms with Crippen LogP contribution in [0.3, 0.4) is 0 Å². The van der Waals surface area contributed by atoms with Gasteiger partial charge in [0, 0.05) is 44.5 Å². The lowest BCUT2D eigenvalue weighted by atomic mass is 10.2. The maximum atomic E-state index is 12.5. The highest BCUT2D eigenvalue weighted by atomic mass is 19.4. The largest absolute Gasteiger partial charge is 0.468 e. The Balaban J connectivity index is 1.45. The summed E-state index contributed by atoms with van der Waals surface area (Å²) in [5.74, 6) is -0.418. The first-order chi connectivity index (χ1) is 12.8. The average molecular weight is 386 g/mol. The van der Waals surface area contributed by atoms with E-state index in [1.165, 1.54) is 18.3 Å². The highest BCUT2D eigenvalue weighted by molar-refractivity contribution is 5.94. The van der Waals surface area contributed by atoms with E-state index in [-0.39, 0.29) is 23.3 Å². The summed E-state index contributed by atoms with van der Waals surface area (Å²) in [5.41, 5.74) is 0.286. The molecule has 2 aliphatic rings. The van der Waals surface area contributed by atoms with E-state index in [0.29, 0.717) is 38.8 Å². The Morgan fingerprint density at radius 1 is 1.19 bits per heavy atom. The Morgan fingerprint density at radius 3 is 2.44 bits per heavy atom. The van der Waals surface area contributed by atoms with Crippen molar-refractivity contribution >= 4 is 11.8 Å². The Bertz CT molecular complexity index is 669. The van der Waals surface area contributed by atoms with Crippen molar-refractivity contribution < 1.29 is 27.5 Å². The van der Waals surface area contributed by atoms with E-state index in [2.05, 4.69) is 15.0 Å². The number of piperazine rings is 1. The smallest absolute Gasteiger partial charge is 0.422 e. The number of nitrogens with zero attached hydrogens (tertiary/aromatic N) is 3. The zero-order chi connectivity index (χ0) is 19.4. The summed E-state index contributed by atoms with van der Waals surface area (Å²) >= 11 is 0. The maximum absolute atomic E-state index is 12.5. The quantitative estimate of drug-likeness (QED) is 0.791. The number of nitrogens with one attached hydrogen (secondary N) is 1. The van der Waals surface area contributed by atoms with Crippen molar-refractivity contribution in [1.82, 2.24) is 20.1 Å². The van der Waals surface area contributed by atoms with Crippen LogP contribution in [0.4, 0.5) is 13.2 Å². The van der Waals surface area contributed by atoms with Gasteiger partial charge in [-0.1, -0.05) is 0 Å². The lowest BCUT2D eigenvalue weighted by molar-refractivity contribution is -0.154. The van der Waals surface area contributed by atoms with E-state index in [4.69, 9.17) is 0 Å². The molecule has 0 aromatic carbocycles. The molecular weight excluding hydrogens is 365 g/mol. The highest BCUT2D eigenvalue weighted by Crippen LogP contribution is 2.19. The lowest BCUT2D eigenvalue weighted by Crippen LogP contribution is -2.51. The summed E-state index contributed by atoms with van der Waals surface area (Å²) in [6.07, 6.45) is -1.14. The number of halogens is 3.